The molecule has 4 nitrogen and oxygen atoms in total. The van der Waals surface area contributed by atoms with Crippen molar-refractivity contribution in [3.05, 3.63) is 24.3 Å². The fourth-order valence-corrected chi connectivity index (χ4v) is 2.57. The van der Waals surface area contributed by atoms with E-state index in [1.165, 1.54) is 18.5 Å². The standard InChI is InChI=1S/C16H25N3O/c1-19(2)15-9-7-13(8-10-15)17-12-11-16(20)18-14-5-3-4-6-14/h7-10,14,17H,3-6,11-12H2,1-2H3,(H,18,20). The van der Waals surface area contributed by atoms with E-state index in [1.54, 1.807) is 0 Å². The Bertz CT molecular complexity index is 422. The molecule has 0 aliphatic heterocycles. The third kappa shape index (κ3) is 4.44. The number of hydrogen-bond donors (Lipinski definition) is 2. The van der Waals surface area contributed by atoms with Crippen LogP contribution in [0.4, 0.5) is 11.4 Å². The molecule has 1 saturated carbocycles. The topological polar surface area (TPSA) is 44.4 Å². The molecule has 0 atom stereocenters. The number of nitrogens with one attached hydrogen (secondary N) is 2. The number of nitrogens with zero attached hydrogens (tertiary/aromatic N) is 1. The lowest BCUT2D eigenvalue weighted by Crippen LogP contribution is -2.33. The maximum atomic E-state index is 11.8. The molecule has 1 aliphatic carbocycles. The molecule has 0 aromatic heterocycles. The van der Waals surface area contributed by atoms with Crippen LogP contribution in [0.1, 0.15) is 32.1 Å². The zero-order valence-corrected chi connectivity index (χ0v) is 12.5. The van der Waals surface area contributed by atoms with Gasteiger partial charge in [-0.25, -0.2) is 0 Å². The van der Waals surface area contributed by atoms with E-state index in [2.05, 4.69) is 27.7 Å². The predicted octanol–water partition coefficient (Wildman–Crippen LogP) is 2.61. The highest BCUT2D eigenvalue weighted by atomic mass is 16.1. The fraction of sp³-hybridized carbons (Fsp3) is 0.562. The quantitative estimate of drug-likeness (QED) is 0.839. The minimum absolute atomic E-state index is 0.161. The molecule has 0 bridgehead atoms. The van der Waals surface area contributed by atoms with Crippen LogP contribution in [0.3, 0.4) is 0 Å². The van der Waals surface area contributed by atoms with Gasteiger partial charge in [-0.15, -0.1) is 0 Å². The van der Waals surface area contributed by atoms with Gasteiger partial charge in [0.05, 0.1) is 0 Å². The molecule has 0 heterocycles. The summed E-state index contributed by atoms with van der Waals surface area (Å²) in [5, 5.41) is 6.39. The van der Waals surface area contributed by atoms with Gasteiger partial charge in [0.1, 0.15) is 0 Å². The summed E-state index contributed by atoms with van der Waals surface area (Å²) in [6.45, 7) is 0.680. The van der Waals surface area contributed by atoms with Crippen molar-refractivity contribution >= 4 is 17.3 Å². The molecule has 0 spiro atoms. The van der Waals surface area contributed by atoms with Crippen molar-refractivity contribution in [2.45, 2.75) is 38.1 Å². The van der Waals surface area contributed by atoms with Crippen LogP contribution in [-0.4, -0.2) is 32.6 Å². The van der Waals surface area contributed by atoms with E-state index >= 15 is 0 Å². The normalized spacial score (nSPS) is 15.1. The second-order valence-corrected chi connectivity index (χ2v) is 5.67. The van der Waals surface area contributed by atoms with Crippen molar-refractivity contribution in [3.8, 4) is 0 Å². The van der Waals surface area contributed by atoms with Gasteiger partial charge in [-0.1, -0.05) is 12.8 Å². The summed E-state index contributed by atoms with van der Waals surface area (Å²) in [6.07, 6.45) is 5.32. The molecular weight excluding hydrogens is 250 g/mol. The molecule has 110 valence electrons. The Morgan fingerprint density at radius 2 is 1.85 bits per heavy atom. The summed E-state index contributed by atoms with van der Waals surface area (Å²) in [6, 6.07) is 8.65. The van der Waals surface area contributed by atoms with Crippen LogP contribution < -0.4 is 15.5 Å². The Hall–Kier alpha value is -1.71. The van der Waals surface area contributed by atoms with Crippen LogP contribution in [0.5, 0.6) is 0 Å². The van der Waals surface area contributed by atoms with Crippen molar-refractivity contribution in [3.63, 3.8) is 0 Å². The third-order valence-corrected chi connectivity index (χ3v) is 3.79. The SMILES string of the molecule is CN(C)c1ccc(NCCC(=O)NC2CCCC2)cc1. The van der Waals surface area contributed by atoms with Gasteiger partial charge >= 0.3 is 0 Å². The Morgan fingerprint density at radius 3 is 2.45 bits per heavy atom. The summed E-state index contributed by atoms with van der Waals surface area (Å²) in [7, 11) is 4.05. The van der Waals surface area contributed by atoms with Gasteiger partial charge in [0.2, 0.25) is 5.91 Å². The number of carbonyl (C=O) groups is 1. The van der Waals surface area contributed by atoms with E-state index in [-0.39, 0.29) is 5.91 Å². The van der Waals surface area contributed by atoms with Gasteiger partial charge in [-0.2, -0.15) is 0 Å². The van der Waals surface area contributed by atoms with Gasteiger partial charge in [-0.3, -0.25) is 4.79 Å². The summed E-state index contributed by atoms with van der Waals surface area (Å²) in [5.74, 6) is 0.161. The summed E-state index contributed by atoms with van der Waals surface area (Å²) >= 11 is 0. The molecule has 1 fully saturated rings. The maximum Gasteiger partial charge on any atom is 0.221 e. The van der Waals surface area contributed by atoms with Gasteiger partial charge in [-0.05, 0) is 37.1 Å². The van der Waals surface area contributed by atoms with Crippen LogP contribution in [-0.2, 0) is 4.79 Å². The Morgan fingerprint density at radius 1 is 1.20 bits per heavy atom. The number of amides is 1. The molecule has 1 aromatic carbocycles. The number of hydrogen-bond acceptors (Lipinski definition) is 3. The third-order valence-electron chi connectivity index (χ3n) is 3.79. The van der Waals surface area contributed by atoms with Crippen molar-refractivity contribution in [1.29, 1.82) is 0 Å². The van der Waals surface area contributed by atoms with E-state index in [0.717, 1.165) is 18.5 Å². The Labute approximate surface area is 121 Å². The molecule has 1 aromatic rings. The molecule has 1 aliphatic rings. The molecule has 4 heteroatoms. The summed E-state index contributed by atoms with van der Waals surface area (Å²) in [4.78, 5) is 13.8. The minimum atomic E-state index is 0.161. The molecule has 2 rings (SSSR count). The minimum Gasteiger partial charge on any atom is -0.385 e. The number of carbonyl (C=O) groups excluding carboxylic acids is 1. The second kappa shape index (κ2) is 7.17. The van der Waals surface area contributed by atoms with Crippen LogP contribution >= 0.6 is 0 Å². The van der Waals surface area contributed by atoms with Crippen LogP contribution in [0.2, 0.25) is 0 Å². The molecule has 1 amide bonds. The first-order chi connectivity index (χ1) is 9.65. The van der Waals surface area contributed by atoms with Gasteiger partial charge < -0.3 is 15.5 Å². The Balaban J connectivity index is 1.68. The molecule has 20 heavy (non-hydrogen) atoms. The number of rotatable bonds is 6. The van der Waals surface area contributed by atoms with Crippen molar-refractivity contribution in [2.75, 3.05) is 30.9 Å². The lowest BCUT2D eigenvalue weighted by molar-refractivity contribution is -0.121. The maximum absolute atomic E-state index is 11.8. The van der Waals surface area contributed by atoms with Crippen molar-refractivity contribution in [1.82, 2.24) is 5.32 Å². The lowest BCUT2D eigenvalue weighted by atomic mass is 10.2. The van der Waals surface area contributed by atoms with Crippen LogP contribution in [0, 0.1) is 0 Å². The summed E-state index contributed by atoms with van der Waals surface area (Å²) < 4.78 is 0. The average molecular weight is 275 g/mol. The van der Waals surface area contributed by atoms with Crippen molar-refractivity contribution in [2.24, 2.45) is 0 Å². The zero-order valence-electron chi connectivity index (χ0n) is 12.5. The highest BCUT2D eigenvalue weighted by molar-refractivity contribution is 5.76. The largest absolute Gasteiger partial charge is 0.385 e. The molecule has 0 radical (unpaired) electrons. The van der Waals surface area contributed by atoms with E-state index in [0.29, 0.717) is 19.0 Å². The van der Waals surface area contributed by atoms with E-state index in [4.69, 9.17) is 0 Å². The zero-order chi connectivity index (χ0) is 14.4. The van der Waals surface area contributed by atoms with E-state index in [1.807, 2.05) is 26.2 Å². The summed E-state index contributed by atoms with van der Waals surface area (Å²) in [5.41, 5.74) is 2.23. The second-order valence-electron chi connectivity index (χ2n) is 5.67. The van der Waals surface area contributed by atoms with Crippen LogP contribution in [0.15, 0.2) is 24.3 Å². The smallest absolute Gasteiger partial charge is 0.221 e. The molecule has 0 unspecified atom stereocenters. The fourth-order valence-electron chi connectivity index (χ4n) is 2.57. The first-order valence-corrected chi connectivity index (χ1v) is 7.46. The van der Waals surface area contributed by atoms with Gasteiger partial charge in [0.25, 0.3) is 0 Å². The highest BCUT2D eigenvalue weighted by Gasteiger charge is 2.16. The first kappa shape index (κ1) is 14.7. The predicted molar refractivity (Wildman–Crippen MR) is 84.3 cm³/mol. The number of benzene rings is 1. The monoisotopic (exact) mass is 275 g/mol. The molecular formula is C16H25N3O. The Kier molecular flexibility index (Phi) is 5.27. The van der Waals surface area contributed by atoms with E-state index in [9.17, 15) is 4.79 Å². The molecule has 2 N–H and O–H groups in total. The van der Waals surface area contributed by atoms with Gasteiger partial charge in [0.15, 0.2) is 0 Å². The van der Waals surface area contributed by atoms with E-state index < -0.39 is 0 Å². The first-order valence-electron chi connectivity index (χ1n) is 7.46. The van der Waals surface area contributed by atoms with Gasteiger partial charge in [0, 0.05) is 44.5 Å². The average Bonchev–Trinajstić information content (AvgIpc) is 2.92. The lowest BCUT2D eigenvalue weighted by Gasteiger charge is -2.14. The molecule has 0 saturated heterocycles. The van der Waals surface area contributed by atoms with Crippen LogP contribution in [0.25, 0.3) is 0 Å². The van der Waals surface area contributed by atoms with Crippen molar-refractivity contribution < 1.29 is 4.79 Å². The highest BCUT2D eigenvalue weighted by Crippen LogP contribution is 2.18. The number of anilines is 2.